The third-order valence-corrected chi connectivity index (χ3v) is 3.15. The number of nitrogens with two attached hydrogens (primary N) is 1. The molecule has 1 saturated heterocycles. The summed E-state index contributed by atoms with van der Waals surface area (Å²) in [5.74, 6) is 5.41. The molecule has 5 nitrogen and oxygen atoms in total. The van der Waals surface area contributed by atoms with Crippen molar-refractivity contribution in [3.63, 3.8) is 0 Å². The van der Waals surface area contributed by atoms with E-state index in [1.807, 2.05) is 36.9 Å². The molecule has 1 unspecified atom stereocenters. The summed E-state index contributed by atoms with van der Waals surface area (Å²) >= 11 is 0. The average molecular weight is 249 g/mol. The number of benzene rings is 1. The minimum Gasteiger partial charge on any atom is -0.375 e. The van der Waals surface area contributed by atoms with E-state index in [1.54, 1.807) is 0 Å². The molecule has 1 aliphatic rings. The number of morpholine rings is 1. The molecule has 1 aliphatic heterocycles. The Kier molecular flexibility index (Phi) is 3.84. The highest BCUT2D eigenvalue weighted by molar-refractivity contribution is 5.96. The van der Waals surface area contributed by atoms with Gasteiger partial charge in [0.25, 0.3) is 5.91 Å². The Balaban J connectivity index is 2.17. The molecule has 1 amide bonds. The molecule has 3 N–H and O–H groups in total. The summed E-state index contributed by atoms with van der Waals surface area (Å²) in [6.45, 7) is 5.80. The van der Waals surface area contributed by atoms with Gasteiger partial charge in [-0.15, -0.1) is 0 Å². The van der Waals surface area contributed by atoms with Crippen LogP contribution in [0.25, 0.3) is 0 Å². The molecule has 0 aromatic heterocycles. The predicted molar refractivity (Wildman–Crippen MR) is 70.3 cm³/mol. The highest BCUT2D eigenvalue weighted by Crippen LogP contribution is 2.17. The number of hydrogen-bond donors (Lipinski definition) is 2. The van der Waals surface area contributed by atoms with Crippen LogP contribution in [-0.4, -0.2) is 36.6 Å². The maximum atomic E-state index is 12.4. The molecule has 1 atom stereocenters. The summed E-state index contributed by atoms with van der Waals surface area (Å²) in [7, 11) is 0. The normalized spacial score (nSPS) is 19.7. The molecular formula is C13H19N3O2. The lowest BCUT2D eigenvalue weighted by atomic mass is 10.1. The third kappa shape index (κ3) is 2.63. The van der Waals surface area contributed by atoms with Crippen LogP contribution in [0.15, 0.2) is 18.2 Å². The number of aryl methyl sites for hydroxylation is 1. The van der Waals surface area contributed by atoms with E-state index in [0.29, 0.717) is 19.7 Å². The molecule has 1 fully saturated rings. The van der Waals surface area contributed by atoms with Crippen molar-refractivity contribution in [3.05, 3.63) is 29.3 Å². The van der Waals surface area contributed by atoms with Gasteiger partial charge in [0.1, 0.15) is 0 Å². The fraction of sp³-hybridized carbons (Fsp3) is 0.462. The number of carbonyl (C=O) groups excluding carboxylic acids is 1. The van der Waals surface area contributed by atoms with E-state index < -0.39 is 0 Å². The van der Waals surface area contributed by atoms with E-state index in [2.05, 4.69) is 5.43 Å². The van der Waals surface area contributed by atoms with Crippen molar-refractivity contribution >= 4 is 11.6 Å². The standard InChI is InChI=1S/C13H19N3O2/c1-9-7-11(15-14)3-4-12(9)13(17)16-5-6-18-10(2)8-16/h3-4,7,10,15H,5-6,8,14H2,1-2H3. The van der Waals surface area contributed by atoms with Crippen molar-refractivity contribution in [1.29, 1.82) is 0 Å². The molecular weight excluding hydrogens is 230 g/mol. The minimum atomic E-state index is 0.0613. The molecule has 1 aromatic carbocycles. The summed E-state index contributed by atoms with van der Waals surface area (Å²) in [5, 5.41) is 0. The van der Waals surface area contributed by atoms with Crippen LogP contribution in [0.5, 0.6) is 0 Å². The molecule has 0 bridgehead atoms. The lowest BCUT2D eigenvalue weighted by Crippen LogP contribution is -2.44. The van der Waals surface area contributed by atoms with Gasteiger partial charge in [0.05, 0.1) is 12.7 Å². The number of hydrazine groups is 1. The van der Waals surface area contributed by atoms with Crippen LogP contribution in [0.3, 0.4) is 0 Å². The first-order chi connectivity index (χ1) is 8.61. The fourth-order valence-corrected chi connectivity index (χ4v) is 2.17. The maximum absolute atomic E-state index is 12.4. The van der Waals surface area contributed by atoms with Gasteiger partial charge in [-0.3, -0.25) is 10.6 Å². The average Bonchev–Trinajstić information content (AvgIpc) is 2.37. The molecule has 0 saturated carbocycles. The fourth-order valence-electron chi connectivity index (χ4n) is 2.17. The van der Waals surface area contributed by atoms with E-state index in [0.717, 1.165) is 16.8 Å². The Labute approximate surface area is 107 Å². The van der Waals surface area contributed by atoms with E-state index in [4.69, 9.17) is 10.6 Å². The van der Waals surface area contributed by atoms with Crippen molar-refractivity contribution in [1.82, 2.24) is 4.90 Å². The van der Waals surface area contributed by atoms with Crippen LogP contribution < -0.4 is 11.3 Å². The molecule has 98 valence electrons. The Morgan fingerprint density at radius 1 is 1.56 bits per heavy atom. The van der Waals surface area contributed by atoms with E-state index >= 15 is 0 Å². The Hall–Kier alpha value is -1.59. The molecule has 0 spiro atoms. The van der Waals surface area contributed by atoms with Gasteiger partial charge in [-0.1, -0.05) is 0 Å². The third-order valence-electron chi connectivity index (χ3n) is 3.15. The number of carbonyl (C=O) groups is 1. The molecule has 5 heteroatoms. The van der Waals surface area contributed by atoms with Crippen LogP contribution in [-0.2, 0) is 4.74 Å². The van der Waals surface area contributed by atoms with Crippen LogP contribution in [0.1, 0.15) is 22.8 Å². The number of nitrogens with one attached hydrogen (secondary N) is 1. The lowest BCUT2D eigenvalue weighted by molar-refractivity contribution is -0.0124. The molecule has 1 aromatic rings. The van der Waals surface area contributed by atoms with Crippen molar-refractivity contribution in [3.8, 4) is 0 Å². The van der Waals surface area contributed by atoms with Crippen molar-refractivity contribution < 1.29 is 9.53 Å². The first kappa shape index (κ1) is 12.9. The van der Waals surface area contributed by atoms with Gasteiger partial charge in [0.2, 0.25) is 0 Å². The van der Waals surface area contributed by atoms with Gasteiger partial charge in [-0.25, -0.2) is 0 Å². The zero-order chi connectivity index (χ0) is 13.1. The summed E-state index contributed by atoms with van der Waals surface area (Å²) in [4.78, 5) is 14.2. The summed E-state index contributed by atoms with van der Waals surface area (Å²) in [6, 6.07) is 5.49. The first-order valence-electron chi connectivity index (χ1n) is 6.10. The van der Waals surface area contributed by atoms with Gasteiger partial charge >= 0.3 is 0 Å². The maximum Gasteiger partial charge on any atom is 0.254 e. The lowest BCUT2D eigenvalue weighted by Gasteiger charge is -2.31. The topological polar surface area (TPSA) is 67.6 Å². The number of nitrogen functional groups attached to an aromatic ring is 1. The molecule has 0 radical (unpaired) electrons. The summed E-state index contributed by atoms with van der Waals surface area (Å²) in [6.07, 6.45) is 0.105. The van der Waals surface area contributed by atoms with Crippen LogP contribution >= 0.6 is 0 Å². The Morgan fingerprint density at radius 2 is 2.33 bits per heavy atom. The summed E-state index contributed by atoms with van der Waals surface area (Å²) in [5.41, 5.74) is 5.03. The van der Waals surface area contributed by atoms with Gasteiger partial charge in [-0.05, 0) is 37.6 Å². The van der Waals surface area contributed by atoms with E-state index in [9.17, 15) is 4.79 Å². The number of nitrogens with zero attached hydrogens (tertiary/aromatic N) is 1. The predicted octanol–water partition coefficient (Wildman–Crippen LogP) is 1.14. The summed E-state index contributed by atoms with van der Waals surface area (Å²) < 4.78 is 5.44. The number of anilines is 1. The largest absolute Gasteiger partial charge is 0.375 e. The highest BCUT2D eigenvalue weighted by atomic mass is 16.5. The monoisotopic (exact) mass is 249 g/mol. The Bertz CT molecular complexity index is 448. The van der Waals surface area contributed by atoms with Crippen LogP contribution in [0.2, 0.25) is 0 Å². The number of ether oxygens (including phenoxy) is 1. The second kappa shape index (κ2) is 5.37. The van der Waals surface area contributed by atoms with Crippen LogP contribution in [0.4, 0.5) is 5.69 Å². The number of rotatable bonds is 2. The zero-order valence-corrected chi connectivity index (χ0v) is 10.8. The minimum absolute atomic E-state index is 0.0613. The highest BCUT2D eigenvalue weighted by Gasteiger charge is 2.23. The van der Waals surface area contributed by atoms with Crippen molar-refractivity contribution in [2.24, 2.45) is 5.84 Å². The van der Waals surface area contributed by atoms with Gasteiger partial charge in [0, 0.05) is 24.3 Å². The van der Waals surface area contributed by atoms with E-state index in [1.165, 1.54) is 0 Å². The first-order valence-corrected chi connectivity index (χ1v) is 6.10. The van der Waals surface area contributed by atoms with Gasteiger partial charge < -0.3 is 15.1 Å². The number of amides is 1. The molecule has 18 heavy (non-hydrogen) atoms. The smallest absolute Gasteiger partial charge is 0.254 e. The van der Waals surface area contributed by atoms with Gasteiger partial charge in [-0.2, -0.15) is 0 Å². The second-order valence-corrected chi connectivity index (χ2v) is 4.61. The zero-order valence-electron chi connectivity index (χ0n) is 10.8. The van der Waals surface area contributed by atoms with Crippen molar-refractivity contribution in [2.45, 2.75) is 20.0 Å². The van der Waals surface area contributed by atoms with Crippen molar-refractivity contribution in [2.75, 3.05) is 25.1 Å². The Morgan fingerprint density at radius 3 is 2.94 bits per heavy atom. The SMILES string of the molecule is Cc1cc(NN)ccc1C(=O)N1CCOC(C)C1. The second-order valence-electron chi connectivity index (χ2n) is 4.61. The quantitative estimate of drug-likeness (QED) is 0.609. The van der Waals surface area contributed by atoms with Gasteiger partial charge in [0.15, 0.2) is 0 Å². The molecule has 0 aliphatic carbocycles. The molecule has 1 heterocycles. The van der Waals surface area contributed by atoms with Crippen LogP contribution in [0, 0.1) is 6.92 Å². The molecule has 2 rings (SSSR count). The number of hydrogen-bond acceptors (Lipinski definition) is 4. The van der Waals surface area contributed by atoms with E-state index in [-0.39, 0.29) is 12.0 Å².